The maximum Gasteiger partial charge on any atom is 0.173 e. The standard InChI is InChI=1S/C15H16F2N2O2/c1-20-12-3-2-11(16)14(17)13(12)15-18-6-7-19(15)10-4-8-21-9-5-10/h2-3,6-7,10H,4-5,8-9H2,1H3. The molecule has 1 aliphatic heterocycles. The third-order valence-corrected chi connectivity index (χ3v) is 3.75. The molecule has 6 heteroatoms. The van der Waals surface area contributed by atoms with E-state index in [0.29, 0.717) is 19.0 Å². The molecular weight excluding hydrogens is 278 g/mol. The fourth-order valence-corrected chi connectivity index (χ4v) is 2.68. The first-order chi connectivity index (χ1) is 10.2. The zero-order valence-corrected chi connectivity index (χ0v) is 11.7. The summed E-state index contributed by atoms with van der Waals surface area (Å²) in [6.45, 7) is 1.32. The SMILES string of the molecule is COc1ccc(F)c(F)c1-c1nccn1C1CCOCC1. The quantitative estimate of drug-likeness (QED) is 0.872. The van der Waals surface area contributed by atoms with Gasteiger partial charge in [0.2, 0.25) is 0 Å². The summed E-state index contributed by atoms with van der Waals surface area (Å²) in [6, 6.07) is 2.64. The smallest absolute Gasteiger partial charge is 0.173 e. The van der Waals surface area contributed by atoms with Gasteiger partial charge in [-0.25, -0.2) is 13.8 Å². The van der Waals surface area contributed by atoms with Crippen molar-refractivity contribution in [1.82, 2.24) is 9.55 Å². The lowest BCUT2D eigenvalue weighted by molar-refractivity contribution is 0.0699. The average molecular weight is 294 g/mol. The Hall–Kier alpha value is -1.95. The fraction of sp³-hybridized carbons (Fsp3) is 0.400. The van der Waals surface area contributed by atoms with E-state index in [1.165, 1.54) is 13.2 Å². The first kappa shape index (κ1) is 14.0. The summed E-state index contributed by atoms with van der Waals surface area (Å²) in [7, 11) is 1.43. The lowest BCUT2D eigenvalue weighted by atomic mass is 10.1. The van der Waals surface area contributed by atoms with Gasteiger partial charge in [-0.15, -0.1) is 0 Å². The molecule has 4 nitrogen and oxygen atoms in total. The Bertz CT molecular complexity index is 637. The Morgan fingerprint density at radius 3 is 2.76 bits per heavy atom. The number of ether oxygens (including phenoxy) is 2. The van der Waals surface area contributed by atoms with Crippen molar-refractivity contribution in [3.8, 4) is 17.1 Å². The van der Waals surface area contributed by atoms with Gasteiger partial charge >= 0.3 is 0 Å². The van der Waals surface area contributed by atoms with Crippen LogP contribution in [0, 0.1) is 11.6 Å². The maximum absolute atomic E-state index is 14.2. The van der Waals surface area contributed by atoms with Crippen LogP contribution < -0.4 is 4.74 Å². The van der Waals surface area contributed by atoms with Crippen molar-refractivity contribution < 1.29 is 18.3 Å². The molecule has 2 aromatic rings. The molecule has 1 aromatic heterocycles. The molecule has 0 aliphatic carbocycles. The van der Waals surface area contributed by atoms with Crippen molar-refractivity contribution in [2.75, 3.05) is 20.3 Å². The summed E-state index contributed by atoms with van der Waals surface area (Å²) in [5.41, 5.74) is 0.0639. The Balaban J connectivity index is 2.09. The number of nitrogens with zero attached hydrogens (tertiary/aromatic N) is 2. The van der Waals surface area contributed by atoms with Crippen LogP contribution in [0.25, 0.3) is 11.4 Å². The van der Waals surface area contributed by atoms with Gasteiger partial charge in [0.05, 0.1) is 12.7 Å². The molecule has 0 amide bonds. The predicted octanol–water partition coefficient (Wildman–Crippen LogP) is 3.19. The van der Waals surface area contributed by atoms with Crippen LogP contribution in [0.5, 0.6) is 5.75 Å². The zero-order valence-electron chi connectivity index (χ0n) is 11.7. The van der Waals surface area contributed by atoms with Crippen molar-refractivity contribution in [2.24, 2.45) is 0 Å². The lowest BCUT2D eigenvalue weighted by Gasteiger charge is -2.25. The highest BCUT2D eigenvalue weighted by molar-refractivity contribution is 5.65. The van der Waals surface area contributed by atoms with Crippen LogP contribution >= 0.6 is 0 Å². The summed E-state index contributed by atoms with van der Waals surface area (Å²) >= 11 is 0. The van der Waals surface area contributed by atoms with E-state index in [2.05, 4.69) is 4.98 Å². The van der Waals surface area contributed by atoms with E-state index >= 15 is 0 Å². The minimum Gasteiger partial charge on any atom is -0.496 e. The molecule has 1 aliphatic rings. The number of benzene rings is 1. The summed E-state index contributed by atoms with van der Waals surface area (Å²) in [5.74, 6) is -1.19. The van der Waals surface area contributed by atoms with Gasteiger partial charge in [0.15, 0.2) is 11.6 Å². The highest BCUT2D eigenvalue weighted by Gasteiger charge is 2.24. The van der Waals surface area contributed by atoms with Crippen LogP contribution in [-0.4, -0.2) is 29.9 Å². The molecule has 1 saturated heterocycles. The number of imidazole rings is 1. The van der Waals surface area contributed by atoms with Crippen LogP contribution in [0.15, 0.2) is 24.5 Å². The second kappa shape index (κ2) is 5.81. The molecule has 0 unspecified atom stereocenters. The summed E-state index contributed by atoms with van der Waals surface area (Å²) in [6.07, 6.45) is 5.02. The van der Waals surface area contributed by atoms with Crippen LogP contribution in [0.2, 0.25) is 0 Å². The zero-order chi connectivity index (χ0) is 14.8. The average Bonchev–Trinajstić information content (AvgIpc) is 2.99. The van der Waals surface area contributed by atoms with Gasteiger partial charge in [0.1, 0.15) is 11.6 Å². The van der Waals surface area contributed by atoms with Crippen LogP contribution in [0.1, 0.15) is 18.9 Å². The second-order valence-corrected chi connectivity index (χ2v) is 4.94. The van der Waals surface area contributed by atoms with Gasteiger partial charge in [0.25, 0.3) is 0 Å². The van der Waals surface area contributed by atoms with E-state index in [1.54, 1.807) is 12.4 Å². The van der Waals surface area contributed by atoms with Crippen molar-refractivity contribution in [1.29, 1.82) is 0 Å². The monoisotopic (exact) mass is 294 g/mol. The van der Waals surface area contributed by atoms with E-state index in [4.69, 9.17) is 9.47 Å². The number of methoxy groups -OCH3 is 1. The molecule has 1 aromatic carbocycles. The number of aromatic nitrogens is 2. The van der Waals surface area contributed by atoms with Crippen LogP contribution in [-0.2, 0) is 4.74 Å². The van der Waals surface area contributed by atoms with Crippen LogP contribution in [0.3, 0.4) is 0 Å². The van der Waals surface area contributed by atoms with Gasteiger partial charge in [-0.05, 0) is 25.0 Å². The molecule has 1 fully saturated rings. The topological polar surface area (TPSA) is 36.3 Å². The Morgan fingerprint density at radius 2 is 2.05 bits per heavy atom. The summed E-state index contributed by atoms with van der Waals surface area (Å²) in [4.78, 5) is 4.21. The Labute approximate surface area is 121 Å². The van der Waals surface area contributed by atoms with Gasteiger partial charge in [-0.3, -0.25) is 0 Å². The highest BCUT2D eigenvalue weighted by Crippen LogP contribution is 2.35. The highest BCUT2D eigenvalue weighted by atomic mass is 19.2. The van der Waals surface area contributed by atoms with Gasteiger partial charge in [-0.1, -0.05) is 0 Å². The molecule has 21 heavy (non-hydrogen) atoms. The molecule has 3 rings (SSSR count). The number of hydrogen-bond donors (Lipinski definition) is 0. The number of hydrogen-bond acceptors (Lipinski definition) is 3. The molecule has 112 valence electrons. The third kappa shape index (κ3) is 2.51. The van der Waals surface area contributed by atoms with E-state index < -0.39 is 11.6 Å². The largest absolute Gasteiger partial charge is 0.496 e. The molecule has 2 heterocycles. The molecule has 0 bridgehead atoms. The first-order valence-corrected chi connectivity index (χ1v) is 6.85. The minimum atomic E-state index is -0.936. The van der Waals surface area contributed by atoms with E-state index in [-0.39, 0.29) is 17.4 Å². The van der Waals surface area contributed by atoms with E-state index in [9.17, 15) is 8.78 Å². The normalized spacial score (nSPS) is 16.1. The Kier molecular flexibility index (Phi) is 3.88. The molecule has 0 spiro atoms. The van der Waals surface area contributed by atoms with Crippen molar-refractivity contribution >= 4 is 0 Å². The van der Waals surface area contributed by atoms with Gasteiger partial charge < -0.3 is 14.0 Å². The predicted molar refractivity (Wildman–Crippen MR) is 73.2 cm³/mol. The van der Waals surface area contributed by atoms with Crippen molar-refractivity contribution in [3.63, 3.8) is 0 Å². The van der Waals surface area contributed by atoms with Gasteiger partial charge in [0, 0.05) is 31.6 Å². The molecule has 0 N–H and O–H groups in total. The molecular formula is C15H16F2N2O2. The number of halogens is 2. The van der Waals surface area contributed by atoms with Crippen molar-refractivity contribution in [3.05, 3.63) is 36.2 Å². The molecule has 0 saturated carbocycles. The Morgan fingerprint density at radius 1 is 1.29 bits per heavy atom. The second-order valence-electron chi connectivity index (χ2n) is 4.94. The van der Waals surface area contributed by atoms with Gasteiger partial charge in [-0.2, -0.15) is 0 Å². The molecule has 0 atom stereocenters. The minimum absolute atomic E-state index is 0.0639. The summed E-state index contributed by atoms with van der Waals surface area (Å²) in [5, 5.41) is 0. The number of rotatable bonds is 3. The first-order valence-electron chi connectivity index (χ1n) is 6.85. The summed E-state index contributed by atoms with van der Waals surface area (Å²) < 4.78 is 40.2. The third-order valence-electron chi connectivity index (χ3n) is 3.75. The fourth-order valence-electron chi connectivity index (χ4n) is 2.68. The molecule has 0 radical (unpaired) electrons. The lowest BCUT2D eigenvalue weighted by Crippen LogP contribution is -2.20. The van der Waals surface area contributed by atoms with E-state index in [0.717, 1.165) is 18.9 Å². The van der Waals surface area contributed by atoms with Crippen molar-refractivity contribution in [2.45, 2.75) is 18.9 Å². The maximum atomic E-state index is 14.2. The van der Waals surface area contributed by atoms with Crippen LogP contribution in [0.4, 0.5) is 8.78 Å². The van der Waals surface area contributed by atoms with E-state index in [1.807, 2.05) is 4.57 Å².